The molecule has 1 N–H and O–H groups in total. The van der Waals surface area contributed by atoms with Gasteiger partial charge in [-0.3, -0.25) is 15.0 Å². The molecule has 0 aliphatic carbocycles. The molecule has 33 heavy (non-hydrogen) atoms. The van der Waals surface area contributed by atoms with E-state index in [1.54, 1.807) is 24.3 Å². The maximum atomic E-state index is 12.9. The van der Waals surface area contributed by atoms with Gasteiger partial charge in [0, 0.05) is 0 Å². The fourth-order valence-electron chi connectivity index (χ4n) is 3.12. The molecule has 0 spiro atoms. The Bertz CT molecular complexity index is 1260. The molecule has 1 fully saturated rings. The van der Waals surface area contributed by atoms with Gasteiger partial charge >= 0.3 is 0 Å². The topological polar surface area (TPSA) is 58.6 Å². The molecular weight excluding hydrogens is 476 g/mol. The highest BCUT2D eigenvalue weighted by molar-refractivity contribution is 8.26. The Morgan fingerprint density at radius 2 is 1.91 bits per heavy atom. The van der Waals surface area contributed by atoms with Crippen molar-refractivity contribution in [3.63, 3.8) is 0 Å². The van der Waals surface area contributed by atoms with Crippen LogP contribution in [-0.4, -0.2) is 21.1 Å². The first-order chi connectivity index (χ1) is 15.9. The van der Waals surface area contributed by atoms with Crippen LogP contribution in [0.3, 0.4) is 0 Å². The van der Waals surface area contributed by atoms with Crippen LogP contribution in [-0.2, 0) is 11.4 Å². The van der Waals surface area contributed by atoms with E-state index in [2.05, 4.69) is 5.43 Å². The normalized spacial score (nSPS) is 14.6. The van der Waals surface area contributed by atoms with E-state index in [-0.39, 0.29) is 9.88 Å². The summed E-state index contributed by atoms with van der Waals surface area (Å²) in [5.74, 6) is -0.226. The first-order valence-corrected chi connectivity index (χ1v) is 11.6. The van der Waals surface area contributed by atoms with Crippen LogP contribution < -0.4 is 10.2 Å². The van der Waals surface area contributed by atoms with Crippen molar-refractivity contribution in [1.82, 2.24) is 10.4 Å². The third-order valence-corrected chi connectivity index (χ3v) is 6.40. The van der Waals surface area contributed by atoms with Crippen LogP contribution in [0.4, 0.5) is 0 Å². The molecule has 0 atom stereocenters. The molecule has 8 heteroatoms. The lowest BCUT2D eigenvalue weighted by Crippen LogP contribution is -2.44. The van der Waals surface area contributed by atoms with Crippen molar-refractivity contribution in [2.45, 2.75) is 13.5 Å². The van der Waals surface area contributed by atoms with Crippen molar-refractivity contribution >= 4 is 57.8 Å². The smallest absolute Gasteiger partial charge is 0.285 e. The molecule has 2 amide bonds. The number of rotatable bonds is 6. The molecule has 3 aromatic rings. The Hall–Kier alpha value is -3.13. The lowest BCUT2D eigenvalue weighted by molar-refractivity contribution is -0.123. The molecule has 0 unspecified atom stereocenters. The zero-order valence-electron chi connectivity index (χ0n) is 17.6. The minimum atomic E-state index is -0.506. The SMILES string of the molecule is Cc1ccc(C(=O)NN2C(=O)C(=Cc3cccc(OCc4ccccc4)c3)SC2=S)c(Cl)c1. The Labute approximate surface area is 206 Å². The molecule has 1 saturated heterocycles. The zero-order chi connectivity index (χ0) is 23.4. The summed E-state index contributed by atoms with van der Waals surface area (Å²) in [4.78, 5) is 25.9. The van der Waals surface area contributed by atoms with E-state index in [9.17, 15) is 9.59 Å². The van der Waals surface area contributed by atoms with Crippen LogP contribution in [0.25, 0.3) is 6.08 Å². The maximum absolute atomic E-state index is 12.9. The van der Waals surface area contributed by atoms with Crippen molar-refractivity contribution < 1.29 is 14.3 Å². The van der Waals surface area contributed by atoms with Gasteiger partial charge < -0.3 is 4.74 Å². The van der Waals surface area contributed by atoms with E-state index in [0.29, 0.717) is 22.3 Å². The Morgan fingerprint density at radius 1 is 1.12 bits per heavy atom. The van der Waals surface area contributed by atoms with Crippen molar-refractivity contribution in [3.05, 3.63) is 105 Å². The number of hydrogen-bond donors (Lipinski definition) is 1. The fourth-order valence-corrected chi connectivity index (χ4v) is 4.62. The van der Waals surface area contributed by atoms with Gasteiger partial charge in [0.1, 0.15) is 12.4 Å². The second kappa shape index (κ2) is 10.2. The average molecular weight is 495 g/mol. The van der Waals surface area contributed by atoms with E-state index >= 15 is 0 Å². The molecule has 0 aromatic heterocycles. The predicted octanol–water partition coefficient (Wildman–Crippen LogP) is 5.77. The monoisotopic (exact) mass is 494 g/mol. The van der Waals surface area contributed by atoms with Crippen LogP contribution in [0, 0.1) is 6.92 Å². The largest absolute Gasteiger partial charge is 0.489 e. The number of thiocarbonyl (C=S) groups is 1. The lowest BCUT2D eigenvalue weighted by Gasteiger charge is -2.16. The summed E-state index contributed by atoms with van der Waals surface area (Å²) < 4.78 is 6.10. The van der Waals surface area contributed by atoms with Crippen LogP contribution in [0.1, 0.15) is 27.0 Å². The summed E-state index contributed by atoms with van der Waals surface area (Å²) in [7, 11) is 0. The van der Waals surface area contributed by atoms with E-state index < -0.39 is 11.8 Å². The Balaban J connectivity index is 1.45. The molecule has 4 rings (SSSR count). The lowest BCUT2D eigenvalue weighted by atomic mass is 10.1. The van der Waals surface area contributed by atoms with Crippen LogP contribution in [0.5, 0.6) is 5.75 Å². The number of benzene rings is 3. The van der Waals surface area contributed by atoms with E-state index in [1.165, 1.54) is 0 Å². The van der Waals surface area contributed by atoms with E-state index in [0.717, 1.165) is 33.5 Å². The number of halogens is 1. The minimum absolute atomic E-state index is 0.235. The van der Waals surface area contributed by atoms with Crippen molar-refractivity contribution in [2.24, 2.45) is 0 Å². The van der Waals surface area contributed by atoms with Gasteiger partial charge in [0.05, 0.1) is 15.5 Å². The second-order valence-corrected chi connectivity index (χ2v) is 9.37. The summed E-state index contributed by atoms with van der Waals surface area (Å²) >= 11 is 12.6. The highest BCUT2D eigenvalue weighted by Crippen LogP contribution is 2.32. The summed E-state index contributed by atoms with van der Waals surface area (Å²) in [6.07, 6.45) is 1.72. The third kappa shape index (κ3) is 5.63. The van der Waals surface area contributed by atoms with Gasteiger partial charge in [0.15, 0.2) is 4.32 Å². The van der Waals surface area contributed by atoms with E-state index in [4.69, 9.17) is 28.6 Å². The summed E-state index contributed by atoms with van der Waals surface area (Å²) in [5.41, 5.74) is 5.60. The van der Waals surface area contributed by atoms with Gasteiger partial charge in [0.2, 0.25) is 0 Å². The van der Waals surface area contributed by atoms with Crippen molar-refractivity contribution in [1.29, 1.82) is 0 Å². The second-order valence-electron chi connectivity index (χ2n) is 7.29. The third-order valence-electron chi connectivity index (χ3n) is 4.78. The molecule has 166 valence electrons. The number of hydrogen-bond acceptors (Lipinski definition) is 5. The molecule has 3 aromatic carbocycles. The van der Waals surface area contributed by atoms with Crippen LogP contribution >= 0.6 is 35.6 Å². The molecule has 1 heterocycles. The standard InChI is InChI=1S/C25H19ClN2O3S2/c1-16-10-11-20(21(26)12-16)23(29)27-28-24(30)22(33-25(28)32)14-18-8-5-9-19(13-18)31-15-17-6-3-2-4-7-17/h2-14H,15H2,1H3,(H,27,29). The number of ether oxygens (including phenoxy) is 1. The van der Waals surface area contributed by atoms with Crippen LogP contribution in [0.15, 0.2) is 77.7 Å². The van der Waals surface area contributed by atoms with Gasteiger partial charge in [-0.15, -0.1) is 0 Å². The summed E-state index contributed by atoms with van der Waals surface area (Å²) in [6, 6.07) is 22.4. The van der Waals surface area contributed by atoms with Crippen LogP contribution in [0.2, 0.25) is 5.02 Å². The number of carbonyl (C=O) groups is 2. The first-order valence-electron chi connectivity index (χ1n) is 10.0. The Kier molecular flexibility index (Phi) is 7.13. The number of nitrogens with zero attached hydrogens (tertiary/aromatic N) is 1. The van der Waals surface area contributed by atoms with Gasteiger partial charge in [0.25, 0.3) is 11.8 Å². The predicted molar refractivity (Wildman–Crippen MR) is 136 cm³/mol. The molecule has 1 aliphatic rings. The minimum Gasteiger partial charge on any atom is -0.489 e. The number of aryl methyl sites for hydroxylation is 1. The molecule has 0 radical (unpaired) electrons. The fraction of sp³-hybridized carbons (Fsp3) is 0.0800. The van der Waals surface area contributed by atoms with Gasteiger partial charge in [-0.1, -0.05) is 71.9 Å². The quantitative estimate of drug-likeness (QED) is 0.348. The number of carbonyl (C=O) groups excluding carboxylic acids is 2. The highest BCUT2D eigenvalue weighted by atomic mass is 35.5. The van der Waals surface area contributed by atoms with Gasteiger partial charge in [-0.05, 0) is 66.2 Å². The number of nitrogens with one attached hydrogen (secondary N) is 1. The molecule has 5 nitrogen and oxygen atoms in total. The van der Waals surface area contributed by atoms with E-state index in [1.807, 2.05) is 61.5 Å². The zero-order valence-corrected chi connectivity index (χ0v) is 20.0. The molecule has 0 saturated carbocycles. The molecular formula is C25H19ClN2O3S2. The number of hydrazine groups is 1. The summed E-state index contributed by atoms with van der Waals surface area (Å²) in [6.45, 7) is 2.32. The molecule has 0 bridgehead atoms. The Morgan fingerprint density at radius 3 is 2.67 bits per heavy atom. The van der Waals surface area contributed by atoms with Crippen molar-refractivity contribution in [2.75, 3.05) is 0 Å². The molecule has 1 aliphatic heterocycles. The van der Waals surface area contributed by atoms with Gasteiger partial charge in [-0.25, -0.2) is 0 Å². The van der Waals surface area contributed by atoms with Crippen molar-refractivity contribution in [3.8, 4) is 5.75 Å². The van der Waals surface area contributed by atoms with Gasteiger partial charge in [-0.2, -0.15) is 5.01 Å². The highest BCUT2D eigenvalue weighted by Gasteiger charge is 2.34. The summed E-state index contributed by atoms with van der Waals surface area (Å²) in [5, 5.41) is 1.38. The number of thioether (sulfide) groups is 1. The maximum Gasteiger partial charge on any atom is 0.285 e. The first kappa shape index (κ1) is 23.0. The number of amides is 2. The average Bonchev–Trinajstić information content (AvgIpc) is 3.06.